The number of carbonyl (C=O) groups is 2. The molecule has 1 saturated heterocycles. The van der Waals surface area contributed by atoms with E-state index in [1.165, 1.54) is 21.9 Å². The van der Waals surface area contributed by atoms with E-state index in [0.717, 1.165) is 51.3 Å². The smallest absolute Gasteiger partial charge is 0.328 e. The Bertz CT molecular complexity index is 1080. The lowest BCUT2D eigenvalue weighted by atomic mass is 10.0. The van der Waals surface area contributed by atoms with Gasteiger partial charge in [0.15, 0.2) is 0 Å². The average molecular weight is 500 g/mol. The first-order chi connectivity index (χ1) is 17.4. The zero-order valence-electron chi connectivity index (χ0n) is 20.1. The first-order valence-corrected chi connectivity index (χ1v) is 11.9. The molecule has 0 amide bonds. The summed E-state index contributed by atoms with van der Waals surface area (Å²) in [5, 5.41) is 41.8. The van der Waals surface area contributed by atoms with Crippen LogP contribution in [0.2, 0.25) is 0 Å². The van der Waals surface area contributed by atoms with Crippen molar-refractivity contribution in [2.24, 2.45) is 5.16 Å². The van der Waals surface area contributed by atoms with Gasteiger partial charge in [0.2, 0.25) is 0 Å². The van der Waals surface area contributed by atoms with Crippen molar-refractivity contribution in [2.45, 2.75) is 18.9 Å². The number of aliphatic hydroxyl groups is 2. The van der Waals surface area contributed by atoms with Gasteiger partial charge in [-0.05, 0) is 29.2 Å². The molecule has 4 N–H and O–H groups in total. The number of nitrogens with zero attached hydrogens (tertiary/aromatic N) is 3. The van der Waals surface area contributed by atoms with Crippen LogP contribution < -0.4 is 0 Å². The number of hydrogen-bond acceptors (Lipinski definition) is 8. The van der Waals surface area contributed by atoms with Gasteiger partial charge < -0.3 is 25.3 Å². The Morgan fingerprint density at radius 1 is 0.972 bits per heavy atom. The summed E-state index contributed by atoms with van der Waals surface area (Å²) in [6.07, 6.45) is 2.43. The molecule has 0 saturated carbocycles. The van der Waals surface area contributed by atoms with Crippen molar-refractivity contribution in [1.82, 2.24) is 9.80 Å². The fourth-order valence-corrected chi connectivity index (χ4v) is 4.38. The molecule has 1 unspecified atom stereocenters. The maximum atomic E-state index is 10.3. The van der Waals surface area contributed by atoms with Crippen molar-refractivity contribution in [3.63, 3.8) is 0 Å². The first kappa shape index (κ1) is 27.3. The molecule has 0 aromatic heterocycles. The number of piperazine rings is 1. The van der Waals surface area contributed by atoms with Crippen molar-refractivity contribution in [2.75, 3.05) is 52.5 Å². The molecule has 10 heteroatoms. The molecular weight excluding hydrogens is 466 g/mol. The van der Waals surface area contributed by atoms with E-state index in [-0.39, 0.29) is 13.2 Å². The number of hydrogen-bond donors (Lipinski definition) is 4. The highest BCUT2D eigenvalue weighted by atomic mass is 16.6. The number of fused-ring (bicyclic) bond motifs is 3. The highest BCUT2D eigenvalue weighted by Crippen LogP contribution is 2.30. The molecule has 36 heavy (non-hydrogen) atoms. The third-order valence-corrected chi connectivity index (χ3v) is 6.12. The maximum absolute atomic E-state index is 10.3. The summed E-state index contributed by atoms with van der Waals surface area (Å²) in [4.78, 5) is 29.1. The molecule has 2 aromatic rings. The number of aliphatic hydroxyl groups excluding tert-OH is 2. The van der Waals surface area contributed by atoms with Gasteiger partial charge in [0, 0.05) is 57.0 Å². The van der Waals surface area contributed by atoms with E-state index in [0.29, 0.717) is 18.7 Å². The minimum atomic E-state index is -1.26. The Labute approximate surface area is 209 Å². The fourth-order valence-electron chi connectivity index (χ4n) is 4.38. The van der Waals surface area contributed by atoms with E-state index in [2.05, 4.69) is 51.4 Å². The van der Waals surface area contributed by atoms with E-state index in [4.69, 9.17) is 20.2 Å². The minimum absolute atomic E-state index is 0.204. The van der Waals surface area contributed by atoms with Gasteiger partial charge in [0.1, 0.15) is 12.7 Å². The SMILES string of the molecule is O=C(O)/C=C\C(=O)O.OCCN1CCN(CC(O)CO/N=C2\CCc3c2ccc2ccccc32)CC1. The lowest BCUT2D eigenvalue weighted by Gasteiger charge is -2.35. The molecule has 1 aliphatic carbocycles. The predicted octanol–water partition coefficient (Wildman–Crippen LogP) is 1.19. The molecule has 2 aliphatic rings. The highest BCUT2D eigenvalue weighted by molar-refractivity contribution is 6.08. The fraction of sp³-hybridized carbons (Fsp3) is 0.423. The van der Waals surface area contributed by atoms with Crippen LogP contribution in [0.1, 0.15) is 17.5 Å². The quantitative estimate of drug-likeness (QED) is 0.295. The summed E-state index contributed by atoms with van der Waals surface area (Å²) < 4.78 is 0. The van der Waals surface area contributed by atoms with Gasteiger partial charge in [-0.15, -0.1) is 0 Å². The molecule has 0 bridgehead atoms. The molecule has 0 radical (unpaired) electrons. The monoisotopic (exact) mass is 499 g/mol. The summed E-state index contributed by atoms with van der Waals surface area (Å²) in [7, 11) is 0. The second-order valence-corrected chi connectivity index (χ2v) is 8.68. The van der Waals surface area contributed by atoms with Crippen LogP contribution in [-0.2, 0) is 20.8 Å². The number of benzene rings is 2. The van der Waals surface area contributed by atoms with Crippen LogP contribution in [0.3, 0.4) is 0 Å². The van der Waals surface area contributed by atoms with Gasteiger partial charge >= 0.3 is 11.9 Å². The second-order valence-electron chi connectivity index (χ2n) is 8.68. The molecular formula is C26H33N3O7. The van der Waals surface area contributed by atoms with Gasteiger partial charge in [0.25, 0.3) is 0 Å². The Balaban J connectivity index is 0.000000392. The van der Waals surface area contributed by atoms with Crippen LogP contribution in [0.4, 0.5) is 0 Å². The number of aliphatic carboxylic acids is 2. The van der Waals surface area contributed by atoms with Crippen molar-refractivity contribution < 1.29 is 34.9 Å². The van der Waals surface area contributed by atoms with E-state index in [1.807, 2.05) is 0 Å². The third-order valence-electron chi connectivity index (χ3n) is 6.12. The van der Waals surface area contributed by atoms with Crippen LogP contribution in [0.5, 0.6) is 0 Å². The topological polar surface area (TPSA) is 143 Å². The van der Waals surface area contributed by atoms with Gasteiger partial charge in [-0.2, -0.15) is 0 Å². The number of β-amino-alcohol motifs (C(OH)–C–C–N with tert-alkyl or cyclic N) is 2. The molecule has 1 fully saturated rings. The summed E-state index contributed by atoms with van der Waals surface area (Å²) >= 11 is 0. The van der Waals surface area contributed by atoms with Crippen LogP contribution >= 0.6 is 0 Å². The molecule has 10 nitrogen and oxygen atoms in total. The molecule has 1 aliphatic heterocycles. The van der Waals surface area contributed by atoms with Gasteiger partial charge in [0.05, 0.1) is 12.3 Å². The molecule has 1 atom stereocenters. The van der Waals surface area contributed by atoms with Crippen LogP contribution in [0.15, 0.2) is 53.7 Å². The van der Waals surface area contributed by atoms with Crippen molar-refractivity contribution >= 4 is 28.4 Å². The highest BCUT2D eigenvalue weighted by Gasteiger charge is 2.22. The molecule has 0 spiro atoms. The number of carboxylic acid groups (broad SMARTS) is 2. The van der Waals surface area contributed by atoms with E-state index in [9.17, 15) is 14.7 Å². The van der Waals surface area contributed by atoms with Crippen molar-refractivity contribution in [1.29, 1.82) is 0 Å². The minimum Gasteiger partial charge on any atom is -0.478 e. The zero-order chi connectivity index (χ0) is 25.9. The van der Waals surface area contributed by atoms with Gasteiger partial charge in [-0.3, -0.25) is 9.80 Å². The van der Waals surface area contributed by atoms with Gasteiger partial charge in [-0.25, -0.2) is 9.59 Å². The molecule has 2 aromatic carbocycles. The summed E-state index contributed by atoms with van der Waals surface area (Å²) in [5.74, 6) is -2.51. The number of oxime groups is 1. The Kier molecular flexibility index (Phi) is 10.4. The predicted molar refractivity (Wildman–Crippen MR) is 135 cm³/mol. The van der Waals surface area contributed by atoms with E-state index in [1.54, 1.807) is 0 Å². The number of carboxylic acids is 2. The van der Waals surface area contributed by atoms with Crippen LogP contribution in [0, 0.1) is 0 Å². The van der Waals surface area contributed by atoms with Crippen LogP contribution in [-0.4, -0.2) is 106 Å². The van der Waals surface area contributed by atoms with Gasteiger partial charge in [-0.1, -0.05) is 41.6 Å². The first-order valence-electron chi connectivity index (χ1n) is 11.9. The Hall–Kier alpha value is -3.31. The average Bonchev–Trinajstić information content (AvgIpc) is 3.28. The lowest BCUT2D eigenvalue weighted by molar-refractivity contribution is -0.134. The normalized spacial score (nSPS) is 18.1. The third kappa shape index (κ3) is 8.13. The summed E-state index contributed by atoms with van der Waals surface area (Å²) in [6.45, 7) is 5.42. The largest absolute Gasteiger partial charge is 0.478 e. The van der Waals surface area contributed by atoms with Crippen molar-refractivity contribution in [3.8, 4) is 0 Å². The molecule has 1 heterocycles. The number of rotatable bonds is 9. The second kappa shape index (κ2) is 13.7. The lowest BCUT2D eigenvalue weighted by Crippen LogP contribution is -2.49. The van der Waals surface area contributed by atoms with Crippen molar-refractivity contribution in [3.05, 3.63) is 59.7 Å². The Morgan fingerprint density at radius 2 is 1.64 bits per heavy atom. The number of aryl methyl sites for hydroxylation is 1. The summed E-state index contributed by atoms with van der Waals surface area (Å²) in [5.41, 5.74) is 3.50. The Morgan fingerprint density at radius 3 is 2.31 bits per heavy atom. The van der Waals surface area contributed by atoms with Crippen LogP contribution in [0.25, 0.3) is 10.8 Å². The molecule has 194 valence electrons. The summed E-state index contributed by atoms with van der Waals surface area (Å²) in [6, 6.07) is 12.7. The van der Waals surface area contributed by atoms with E-state index < -0.39 is 18.0 Å². The maximum Gasteiger partial charge on any atom is 0.328 e. The van der Waals surface area contributed by atoms with E-state index >= 15 is 0 Å². The molecule has 4 rings (SSSR count). The zero-order valence-corrected chi connectivity index (χ0v) is 20.1. The standard InChI is InChI=1S/C22H29N3O3.C4H4O4/c26-14-13-24-9-11-25(12-10-24)15-18(27)16-28-23-22-8-7-20-19-4-2-1-3-17(19)5-6-21(20)22;5-3(6)1-2-4(7)8/h1-6,18,26-27H,7-16H2;1-2H,(H,5,6)(H,7,8)/b23-22+;2-1-.